The zero-order valence-corrected chi connectivity index (χ0v) is 16.6. The molecule has 29 heavy (non-hydrogen) atoms. The summed E-state index contributed by atoms with van der Waals surface area (Å²) in [4.78, 5) is 24.7. The van der Waals surface area contributed by atoms with E-state index in [1.807, 2.05) is 73.7 Å². The fraction of sp³-hybridized carbons (Fsp3) is 0.200. The summed E-state index contributed by atoms with van der Waals surface area (Å²) in [6.45, 7) is 2.24. The van der Waals surface area contributed by atoms with Crippen molar-refractivity contribution in [2.45, 2.75) is 25.8 Å². The van der Waals surface area contributed by atoms with Gasteiger partial charge in [0.1, 0.15) is 0 Å². The van der Waals surface area contributed by atoms with Gasteiger partial charge in [-0.1, -0.05) is 78.4 Å². The molecule has 0 spiro atoms. The quantitative estimate of drug-likeness (QED) is 0.609. The second-order valence-electron chi connectivity index (χ2n) is 7.10. The van der Waals surface area contributed by atoms with Crippen molar-refractivity contribution in [3.05, 3.63) is 107 Å². The van der Waals surface area contributed by atoms with Gasteiger partial charge in [-0.3, -0.25) is 9.59 Å². The van der Waals surface area contributed by atoms with Crippen LogP contribution in [0.1, 0.15) is 39.5 Å². The van der Waals surface area contributed by atoms with Crippen LogP contribution in [0.15, 0.2) is 84.9 Å². The number of carbonyl (C=O) groups is 2. The Morgan fingerprint density at radius 2 is 1.55 bits per heavy atom. The molecule has 2 amide bonds. The molecule has 4 heteroatoms. The Kier molecular flexibility index (Phi) is 7.17. The van der Waals surface area contributed by atoms with Gasteiger partial charge < -0.3 is 10.6 Å². The zero-order valence-electron chi connectivity index (χ0n) is 16.6. The Morgan fingerprint density at radius 1 is 0.862 bits per heavy atom. The van der Waals surface area contributed by atoms with E-state index in [9.17, 15) is 9.59 Å². The molecule has 0 aliphatic carbocycles. The SMILES string of the molecule is Cc1cccc(C(=O)NCCC(=O)NC(Cc2ccccc2)c2ccccc2)c1. The second-order valence-corrected chi connectivity index (χ2v) is 7.10. The average molecular weight is 386 g/mol. The molecule has 0 heterocycles. The monoisotopic (exact) mass is 386 g/mol. The van der Waals surface area contributed by atoms with Crippen LogP contribution in [-0.2, 0) is 11.2 Å². The van der Waals surface area contributed by atoms with Crippen molar-refractivity contribution >= 4 is 11.8 Å². The lowest BCUT2D eigenvalue weighted by Crippen LogP contribution is -2.33. The number of aryl methyl sites for hydroxylation is 1. The molecule has 0 saturated heterocycles. The van der Waals surface area contributed by atoms with Crippen molar-refractivity contribution in [1.29, 1.82) is 0 Å². The van der Waals surface area contributed by atoms with Crippen LogP contribution >= 0.6 is 0 Å². The van der Waals surface area contributed by atoms with E-state index < -0.39 is 0 Å². The fourth-order valence-electron chi connectivity index (χ4n) is 3.23. The van der Waals surface area contributed by atoms with Gasteiger partial charge in [0.25, 0.3) is 5.91 Å². The lowest BCUT2D eigenvalue weighted by atomic mass is 9.98. The molecular weight excluding hydrogens is 360 g/mol. The van der Waals surface area contributed by atoms with Crippen molar-refractivity contribution in [2.75, 3.05) is 6.54 Å². The highest BCUT2D eigenvalue weighted by Gasteiger charge is 2.15. The number of hydrogen-bond acceptors (Lipinski definition) is 2. The van der Waals surface area contributed by atoms with Crippen molar-refractivity contribution in [1.82, 2.24) is 10.6 Å². The van der Waals surface area contributed by atoms with E-state index >= 15 is 0 Å². The van der Waals surface area contributed by atoms with Gasteiger partial charge in [-0.25, -0.2) is 0 Å². The Labute approximate surface area is 172 Å². The molecule has 3 aromatic carbocycles. The average Bonchev–Trinajstić information content (AvgIpc) is 2.74. The molecule has 4 nitrogen and oxygen atoms in total. The first-order valence-corrected chi connectivity index (χ1v) is 9.85. The van der Waals surface area contributed by atoms with Gasteiger partial charge in [0.15, 0.2) is 0 Å². The van der Waals surface area contributed by atoms with Gasteiger partial charge in [0.05, 0.1) is 6.04 Å². The van der Waals surface area contributed by atoms with Crippen molar-refractivity contribution in [3.63, 3.8) is 0 Å². The summed E-state index contributed by atoms with van der Waals surface area (Å²) in [6.07, 6.45) is 0.946. The van der Waals surface area contributed by atoms with Crippen LogP contribution in [0.25, 0.3) is 0 Å². The number of hydrogen-bond donors (Lipinski definition) is 2. The van der Waals surface area contributed by atoms with Crippen molar-refractivity contribution in [2.24, 2.45) is 0 Å². The summed E-state index contributed by atoms with van der Waals surface area (Å²) in [5.74, 6) is -0.246. The molecule has 3 rings (SSSR count). The van der Waals surface area contributed by atoms with Crippen LogP contribution in [0.3, 0.4) is 0 Å². The first-order valence-electron chi connectivity index (χ1n) is 9.85. The normalized spacial score (nSPS) is 11.5. The van der Waals surface area contributed by atoms with Crippen LogP contribution in [0, 0.1) is 6.92 Å². The van der Waals surface area contributed by atoms with Gasteiger partial charge in [0, 0.05) is 18.5 Å². The third-order valence-electron chi connectivity index (χ3n) is 4.74. The summed E-state index contributed by atoms with van der Waals surface area (Å²) in [5.41, 5.74) is 3.86. The van der Waals surface area contributed by atoms with E-state index in [0.29, 0.717) is 18.5 Å². The lowest BCUT2D eigenvalue weighted by molar-refractivity contribution is -0.121. The molecule has 0 fully saturated rings. The molecule has 1 atom stereocenters. The summed E-state index contributed by atoms with van der Waals surface area (Å²) in [5, 5.41) is 5.93. The number of nitrogens with one attached hydrogen (secondary N) is 2. The van der Waals surface area contributed by atoms with Crippen LogP contribution in [-0.4, -0.2) is 18.4 Å². The van der Waals surface area contributed by atoms with E-state index in [1.165, 1.54) is 0 Å². The van der Waals surface area contributed by atoms with Gasteiger partial charge in [0.2, 0.25) is 5.91 Å². The molecule has 2 N–H and O–H groups in total. The van der Waals surface area contributed by atoms with E-state index in [2.05, 4.69) is 22.8 Å². The summed E-state index contributed by atoms with van der Waals surface area (Å²) in [6, 6.07) is 27.3. The third-order valence-corrected chi connectivity index (χ3v) is 4.74. The number of rotatable bonds is 8. The minimum Gasteiger partial charge on any atom is -0.352 e. The Hall–Kier alpha value is -3.40. The number of carbonyl (C=O) groups excluding carboxylic acids is 2. The van der Waals surface area contributed by atoms with E-state index in [1.54, 1.807) is 6.07 Å². The predicted octanol–water partition coefficient (Wildman–Crippen LogP) is 4.22. The maximum Gasteiger partial charge on any atom is 0.251 e. The highest BCUT2D eigenvalue weighted by atomic mass is 16.2. The molecular formula is C25H26N2O2. The fourth-order valence-corrected chi connectivity index (χ4v) is 3.23. The lowest BCUT2D eigenvalue weighted by Gasteiger charge is -2.20. The van der Waals surface area contributed by atoms with Crippen LogP contribution in [0.5, 0.6) is 0 Å². The highest BCUT2D eigenvalue weighted by molar-refractivity contribution is 5.94. The number of benzene rings is 3. The van der Waals surface area contributed by atoms with Gasteiger partial charge in [-0.2, -0.15) is 0 Å². The van der Waals surface area contributed by atoms with Crippen LogP contribution in [0.2, 0.25) is 0 Å². The Morgan fingerprint density at radius 3 is 2.24 bits per heavy atom. The van der Waals surface area contributed by atoms with Gasteiger partial charge >= 0.3 is 0 Å². The highest BCUT2D eigenvalue weighted by Crippen LogP contribution is 2.18. The van der Waals surface area contributed by atoms with Gasteiger partial charge in [-0.05, 0) is 36.6 Å². The van der Waals surface area contributed by atoms with Crippen molar-refractivity contribution < 1.29 is 9.59 Å². The first-order chi connectivity index (χ1) is 14.1. The maximum atomic E-state index is 12.5. The van der Waals surface area contributed by atoms with Crippen LogP contribution < -0.4 is 10.6 Å². The smallest absolute Gasteiger partial charge is 0.251 e. The van der Waals surface area contributed by atoms with E-state index in [4.69, 9.17) is 0 Å². The summed E-state index contributed by atoms with van der Waals surface area (Å²) >= 11 is 0. The molecule has 0 aliphatic heterocycles. The zero-order chi connectivity index (χ0) is 20.5. The molecule has 0 bridgehead atoms. The maximum absolute atomic E-state index is 12.5. The summed E-state index contributed by atoms with van der Waals surface area (Å²) < 4.78 is 0. The van der Waals surface area contributed by atoms with Crippen LogP contribution in [0.4, 0.5) is 0 Å². The molecule has 0 aliphatic rings. The minimum atomic E-state index is -0.162. The standard InChI is InChI=1S/C25H26N2O2/c1-19-9-8-14-22(17-19)25(29)26-16-15-24(28)27-23(21-12-6-3-7-13-21)18-20-10-4-2-5-11-20/h2-14,17,23H,15-16,18H2,1H3,(H,26,29)(H,27,28). The largest absolute Gasteiger partial charge is 0.352 e. The minimum absolute atomic E-state index is 0.0840. The third kappa shape index (κ3) is 6.32. The van der Waals surface area contributed by atoms with Crippen molar-refractivity contribution in [3.8, 4) is 0 Å². The Balaban J connectivity index is 1.56. The summed E-state index contributed by atoms with van der Waals surface area (Å²) in [7, 11) is 0. The van der Waals surface area contributed by atoms with E-state index in [0.717, 1.165) is 16.7 Å². The Bertz CT molecular complexity index is 939. The first kappa shape index (κ1) is 20.3. The molecule has 148 valence electrons. The number of amides is 2. The van der Waals surface area contributed by atoms with Gasteiger partial charge in [-0.15, -0.1) is 0 Å². The molecule has 3 aromatic rings. The second kappa shape index (κ2) is 10.2. The molecule has 1 unspecified atom stereocenters. The topological polar surface area (TPSA) is 58.2 Å². The molecule has 0 saturated carbocycles. The van der Waals surface area contributed by atoms with E-state index in [-0.39, 0.29) is 24.3 Å². The predicted molar refractivity (Wildman–Crippen MR) is 116 cm³/mol. The molecule has 0 aromatic heterocycles. The molecule has 0 radical (unpaired) electrons.